The highest BCUT2D eigenvalue weighted by molar-refractivity contribution is 5.99. The lowest BCUT2D eigenvalue weighted by Crippen LogP contribution is -2.22. The van der Waals surface area contributed by atoms with Gasteiger partial charge in [-0.3, -0.25) is 4.79 Å². The molecule has 3 aromatic heterocycles. The SMILES string of the molecule is COCc1nn2c3c(cnc2c1-c1ccc(OC)c(OC)c1)C(=O)C[C@@H](c1ccco1)C3. The van der Waals surface area contributed by atoms with Crippen LogP contribution in [0.25, 0.3) is 16.8 Å². The number of fused-ring (bicyclic) bond motifs is 3. The van der Waals surface area contributed by atoms with E-state index in [4.69, 9.17) is 23.7 Å². The number of hydrogen-bond acceptors (Lipinski definition) is 7. The quantitative estimate of drug-likeness (QED) is 0.453. The molecule has 0 fully saturated rings. The van der Waals surface area contributed by atoms with Gasteiger partial charge < -0.3 is 18.6 Å². The number of ketones is 1. The van der Waals surface area contributed by atoms with E-state index >= 15 is 0 Å². The maximum Gasteiger partial charge on any atom is 0.167 e. The first kappa shape index (κ1) is 20.3. The molecule has 0 saturated heterocycles. The lowest BCUT2D eigenvalue weighted by Gasteiger charge is -2.22. The van der Waals surface area contributed by atoms with Gasteiger partial charge in [-0.1, -0.05) is 6.07 Å². The average Bonchev–Trinajstić information content (AvgIpc) is 3.47. The van der Waals surface area contributed by atoms with E-state index < -0.39 is 0 Å². The van der Waals surface area contributed by atoms with E-state index in [9.17, 15) is 4.79 Å². The third kappa shape index (κ3) is 3.23. The largest absolute Gasteiger partial charge is 0.493 e. The summed E-state index contributed by atoms with van der Waals surface area (Å²) in [6.07, 6.45) is 4.32. The fraction of sp³-hybridized carbons (Fsp3) is 0.292. The Morgan fingerprint density at radius 1 is 1.12 bits per heavy atom. The molecule has 5 rings (SSSR count). The van der Waals surface area contributed by atoms with Crippen LogP contribution in [0.2, 0.25) is 0 Å². The summed E-state index contributed by atoms with van der Waals surface area (Å²) in [5.41, 5.74) is 4.54. The number of Topliss-reactive ketones (excluding diaryl/α,β-unsaturated/α-hetero) is 1. The molecule has 1 atom stereocenters. The Balaban J connectivity index is 1.70. The van der Waals surface area contributed by atoms with E-state index in [1.165, 1.54) is 0 Å². The maximum atomic E-state index is 12.9. The summed E-state index contributed by atoms with van der Waals surface area (Å²) in [5, 5.41) is 4.81. The van der Waals surface area contributed by atoms with Crippen LogP contribution in [0.4, 0.5) is 0 Å². The first-order valence-corrected chi connectivity index (χ1v) is 10.3. The summed E-state index contributed by atoms with van der Waals surface area (Å²) < 4.78 is 23.7. The highest BCUT2D eigenvalue weighted by Gasteiger charge is 2.31. The van der Waals surface area contributed by atoms with Crippen molar-refractivity contribution in [3.05, 3.63) is 65.5 Å². The van der Waals surface area contributed by atoms with Crippen LogP contribution in [0.5, 0.6) is 11.5 Å². The second-order valence-electron chi connectivity index (χ2n) is 7.72. The van der Waals surface area contributed by atoms with Gasteiger partial charge in [0.1, 0.15) is 5.76 Å². The molecule has 1 aliphatic rings. The minimum Gasteiger partial charge on any atom is -0.493 e. The van der Waals surface area contributed by atoms with Crippen molar-refractivity contribution in [1.29, 1.82) is 0 Å². The molecule has 0 unspecified atom stereocenters. The van der Waals surface area contributed by atoms with Gasteiger partial charge in [-0.25, -0.2) is 9.50 Å². The molecule has 164 valence electrons. The second kappa shape index (κ2) is 8.12. The normalized spacial score (nSPS) is 15.7. The fourth-order valence-corrected chi connectivity index (χ4v) is 4.39. The molecular weight excluding hydrogens is 410 g/mol. The zero-order valence-corrected chi connectivity index (χ0v) is 18.1. The Morgan fingerprint density at radius 2 is 1.97 bits per heavy atom. The monoisotopic (exact) mass is 433 g/mol. The van der Waals surface area contributed by atoms with Crippen LogP contribution in [-0.4, -0.2) is 41.7 Å². The Labute approximate surface area is 184 Å². The third-order valence-corrected chi connectivity index (χ3v) is 5.89. The number of benzene rings is 1. The minimum atomic E-state index is -0.0322. The van der Waals surface area contributed by atoms with Gasteiger partial charge in [0, 0.05) is 32.1 Å². The zero-order valence-electron chi connectivity index (χ0n) is 18.1. The maximum absolute atomic E-state index is 12.9. The van der Waals surface area contributed by atoms with E-state index in [0.29, 0.717) is 42.2 Å². The van der Waals surface area contributed by atoms with Gasteiger partial charge in [-0.2, -0.15) is 5.10 Å². The van der Waals surface area contributed by atoms with Crippen LogP contribution in [0, 0.1) is 0 Å². The lowest BCUT2D eigenvalue weighted by molar-refractivity contribution is 0.0958. The van der Waals surface area contributed by atoms with Crippen molar-refractivity contribution in [2.24, 2.45) is 0 Å². The predicted octanol–water partition coefficient (Wildman–Crippen LogP) is 4.07. The van der Waals surface area contributed by atoms with Crippen molar-refractivity contribution in [3.8, 4) is 22.6 Å². The summed E-state index contributed by atoms with van der Waals surface area (Å²) in [7, 11) is 4.83. The van der Waals surface area contributed by atoms with Crippen LogP contribution in [0.1, 0.15) is 39.8 Å². The molecule has 8 heteroatoms. The Kier molecular flexibility index (Phi) is 5.14. The summed E-state index contributed by atoms with van der Waals surface area (Å²) in [4.78, 5) is 17.5. The van der Waals surface area contributed by atoms with Gasteiger partial charge in [0.2, 0.25) is 0 Å². The molecule has 1 aliphatic carbocycles. The smallest absolute Gasteiger partial charge is 0.167 e. The van der Waals surface area contributed by atoms with Crippen LogP contribution >= 0.6 is 0 Å². The summed E-state index contributed by atoms with van der Waals surface area (Å²) in [6, 6.07) is 9.44. The molecule has 4 aromatic rings. The van der Waals surface area contributed by atoms with Crippen molar-refractivity contribution in [2.45, 2.75) is 25.4 Å². The average molecular weight is 433 g/mol. The summed E-state index contributed by atoms with van der Waals surface area (Å²) in [6.45, 7) is 0.303. The highest BCUT2D eigenvalue weighted by atomic mass is 16.5. The molecule has 3 heterocycles. The van der Waals surface area contributed by atoms with Gasteiger partial charge in [0.15, 0.2) is 22.9 Å². The molecule has 0 amide bonds. The molecule has 32 heavy (non-hydrogen) atoms. The molecule has 0 bridgehead atoms. The lowest BCUT2D eigenvalue weighted by atomic mass is 9.85. The first-order valence-electron chi connectivity index (χ1n) is 10.3. The van der Waals surface area contributed by atoms with E-state index in [-0.39, 0.29) is 11.7 Å². The highest BCUT2D eigenvalue weighted by Crippen LogP contribution is 2.38. The molecule has 0 N–H and O–H groups in total. The van der Waals surface area contributed by atoms with Crippen LogP contribution < -0.4 is 9.47 Å². The fourth-order valence-electron chi connectivity index (χ4n) is 4.39. The zero-order chi connectivity index (χ0) is 22.2. The van der Waals surface area contributed by atoms with Crippen molar-refractivity contribution in [3.63, 3.8) is 0 Å². The standard InChI is InChI=1S/C24H23N3O5/c1-29-13-17-23(14-6-7-21(30-2)22(11-14)31-3)24-25-12-16-18(27(24)26-17)9-15(10-19(16)28)20-5-4-8-32-20/h4-8,11-12,15H,9-10,13H2,1-3H3/t15-/m0/s1. The van der Waals surface area contributed by atoms with Crippen molar-refractivity contribution < 1.29 is 23.4 Å². The topological polar surface area (TPSA) is 88.1 Å². The van der Waals surface area contributed by atoms with E-state index in [0.717, 1.165) is 28.3 Å². The molecule has 0 saturated carbocycles. The molecule has 0 aliphatic heterocycles. The van der Waals surface area contributed by atoms with Gasteiger partial charge in [0.05, 0.1) is 49.6 Å². The van der Waals surface area contributed by atoms with Gasteiger partial charge >= 0.3 is 0 Å². The van der Waals surface area contributed by atoms with Crippen LogP contribution in [0.3, 0.4) is 0 Å². The number of rotatable bonds is 6. The number of ether oxygens (including phenoxy) is 3. The second-order valence-corrected chi connectivity index (χ2v) is 7.72. The van der Waals surface area contributed by atoms with E-state index in [2.05, 4.69) is 4.98 Å². The molecule has 8 nitrogen and oxygen atoms in total. The Hall–Kier alpha value is -3.65. The first-order chi connectivity index (χ1) is 15.6. The van der Waals surface area contributed by atoms with E-state index in [1.54, 1.807) is 38.3 Å². The Bertz CT molecular complexity index is 1290. The Morgan fingerprint density at radius 3 is 2.69 bits per heavy atom. The van der Waals surface area contributed by atoms with Crippen LogP contribution in [-0.2, 0) is 17.8 Å². The minimum absolute atomic E-state index is 0.0322. The van der Waals surface area contributed by atoms with Crippen molar-refractivity contribution >= 4 is 11.4 Å². The number of carbonyl (C=O) groups excluding carboxylic acids is 1. The number of furan rings is 1. The van der Waals surface area contributed by atoms with Crippen molar-refractivity contribution in [2.75, 3.05) is 21.3 Å². The van der Waals surface area contributed by atoms with Gasteiger partial charge in [0.25, 0.3) is 0 Å². The molecule has 1 aromatic carbocycles. The van der Waals surface area contributed by atoms with Crippen molar-refractivity contribution in [1.82, 2.24) is 14.6 Å². The number of carbonyl (C=O) groups is 1. The van der Waals surface area contributed by atoms with Crippen LogP contribution in [0.15, 0.2) is 47.2 Å². The van der Waals surface area contributed by atoms with Gasteiger partial charge in [-0.15, -0.1) is 0 Å². The number of aromatic nitrogens is 3. The summed E-state index contributed by atoms with van der Waals surface area (Å²) in [5.74, 6) is 2.06. The predicted molar refractivity (Wildman–Crippen MR) is 116 cm³/mol. The molecular formula is C24H23N3O5. The molecule has 0 radical (unpaired) electrons. The summed E-state index contributed by atoms with van der Waals surface area (Å²) >= 11 is 0. The third-order valence-electron chi connectivity index (χ3n) is 5.89. The number of nitrogens with zero attached hydrogens (tertiary/aromatic N) is 3. The number of methoxy groups -OCH3 is 3. The van der Waals surface area contributed by atoms with E-state index in [1.807, 2.05) is 30.3 Å². The van der Waals surface area contributed by atoms with Gasteiger partial charge in [-0.05, 0) is 29.8 Å². The number of hydrogen-bond donors (Lipinski definition) is 0. The molecule has 0 spiro atoms.